The molecule has 15 nitrogen and oxygen atoms in total. The quantitative estimate of drug-likeness (QED) is 0.195. The Hall–Kier alpha value is -7.02. The summed E-state index contributed by atoms with van der Waals surface area (Å²) >= 11 is 12.8. The van der Waals surface area contributed by atoms with Gasteiger partial charge in [0.2, 0.25) is 0 Å². The van der Waals surface area contributed by atoms with Crippen LogP contribution in [-0.4, -0.2) is 55.4 Å². The second-order valence-electron chi connectivity index (χ2n) is 11.6. The molecule has 17 heteroatoms. The standard InChI is InChI=1S/C18H14ClN7O.C18H12ClN7/c1-26-6-4-12(25-26)15-14(23-16(18(21)27)17(20)24-15)10-7-9-3-2-5-22-13(9)11(19)8-10;1-26-6-4-13(25-26)17-16(23-14(9-20)18(21)24-17)11-7-10-3-2-5-22-15(10)12(19)8-11/h2-8H,1H3,(H2,20,24)(H2,21,27);2-8H,1H3,(H2,21,24). The van der Waals surface area contributed by atoms with Gasteiger partial charge in [0.25, 0.3) is 5.91 Å². The van der Waals surface area contributed by atoms with E-state index >= 15 is 0 Å². The molecule has 0 aliphatic carbocycles. The lowest BCUT2D eigenvalue weighted by atomic mass is 10.0. The van der Waals surface area contributed by atoms with E-state index in [-0.39, 0.29) is 23.0 Å². The van der Waals surface area contributed by atoms with E-state index in [1.54, 1.807) is 59.4 Å². The Morgan fingerprint density at radius 3 is 1.64 bits per heavy atom. The number of fused-ring (bicyclic) bond motifs is 2. The van der Waals surface area contributed by atoms with Crippen molar-refractivity contribution in [3.8, 4) is 51.4 Å². The molecule has 6 heterocycles. The summed E-state index contributed by atoms with van der Waals surface area (Å²) in [5.41, 5.74) is 22.8. The number of hydrogen-bond donors (Lipinski definition) is 3. The first-order chi connectivity index (χ1) is 25.5. The normalized spacial score (nSPS) is 10.9. The summed E-state index contributed by atoms with van der Waals surface area (Å²) in [5, 5.41) is 20.7. The highest BCUT2D eigenvalue weighted by molar-refractivity contribution is 6.36. The molecular weight excluding hydrogens is 715 g/mol. The molecule has 0 radical (unpaired) electrons. The summed E-state index contributed by atoms with van der Waals surface area (Å²) in [6.45, 7) is 0. The van der Waals surface area contributed by atoms with Gasteiger partial charge in [0.15, 0.2) is 23.0 Å². The van der Waals surface area contributed by atoms with Crippen LogP contribution < -0.4 is 17.2 Å². The molecule has 8 rings (SSSR count). The number of aryl methyl sites for hydroxylation is 2. The van der Waals surface area contributed by atoms with Crippen LogP contribution in [0.5, 0.6) is 0 Å². The summed E-state index contributed by atoms with van der Waals surface area (Å²) in [4.78, 5) is 37.8. The van der Waals surface area contributed by atoms with Gasteiger partial charge < -0.3 is 17.2 Å². The van der Waals surface area contributed by atoms with E-state index in [0.29, 0.717) is 66.4 Å². The van der Waals surface area contributed by atoms with Crippen molar-refractivity contribution in [2.24, 2.45) is 19.8 Å². The first-order valence-corrected chi connectivity index (χ1v) is 16.4. The van der Waals surface area contributed by atoms with Gasteiger partial charge in [-0.05, 0) is 48.5 Å². The van der Waals surface area contributed by atoms with Crippen LogP contribution in [0.3, 0.4) is 0 Å². The summed E-state index contributed by atoms with van der Waals surface area (Å²) < 4.78 is 3.29. The summed E-state index contributed by atoms with van der Waals surface area (Å²) in [6, 6.07) is 20.2. The van der Waals surface area contributed by atoms with Gasteiger partial charge in [0.1, 0.15) is 34.5 Å². The molecule has 0 atom stereocenters. The van der Waals surface area contributed by atoms with Crippen molar-refractivity contribution in [1.82, 2.24) is 49.5 Å². The number of halogens is 2. The predicted octanol–water partition coefficient (Wildman–Crippen LogP) is 5.63. The van der Waals surface area contributed by atoms with E-state index in [0.717, 1.165) is 10.8 Å². The van der Waals surface area contributed by atoms with E-state index in [9.17, 15) is 10.1 Å². The molecule has 1 amide bonds. The number of primary amides is 1. The summed E-state index contributed by atoms with van der Waals surface area (Å²) in [6.07, 6.45) is 6.92. The number of nitriles is 1. The van der Waals surface area contributed by atoms with Crippen LogP contribution in [0.25, 0.3) is 67.1 Å². The molecule has 0 bridgehead atoms. The van der Waals surface area contributed by atoms with Crippen molar-refractivity contribution in [1.29, 1.82) is 5.26 Å². The fourth-order valence-electron chi connectivity index (χ4n) is 5.57. The minimum Gasteiger partial charge on any atom is -0.382 e. The summed E-state index contributed by atoms with van der Waals surface area (Å²) in [7, 11) is 3.60. The Labute approximate surface area is 310 Å². The third-order valence-electron chi connectivity index (χ3n) is 7.96. The Balaban J connectivity index is 0.000000164. The molecule has 0 unspecified atom stereocenters. The Bertz CT molecular complexity index is 2770. The third kappa shape index (κ3) is 6.75. The van der Waals surface area contributed by atoms with Crippen LogP contribution in [0.1, 0.15) is 16.2 Å². The Kier molecular flexibility index (Phi) is 9.06. The molecule has 0 saturated heterocycles. The monoisotopic (exact) mass is 740 g/mol. The van der Waals surface area contributed by atoms with E-state index in [2.05, 4.69) is 40.1 Å². The van der Waals surface area contributed by atoms with Gasteiger partial charge in [0.05, 0.1) is 26.8 Å². The highest BCUT2D eigenvalue weighted by atomic mass is 35.5. The average molecular weight is 742 g/mol. The van der Waals surface area contributed by atoms with Crippen LogP contribution in [0, 0.1) is 11.3 Å². The van der Waals surface area contributed by atoms with Gasteiger partial charge in [-0.2, -0.15) is 15.5 Å². The first kappa shape index (κ1) is 34.4. The fourth-order valence-corrected chi connectivity index (χ4v) is 6.12. The zero-order chi connectivity index (χ0) is 37.4. The van der Waals surface area contributed by atoms with E-state index in [1.165, 1.54) is 0 Å². The van der Waals surface area contributed by atoms with Gasteiger partial charge in [-0.25, -0.2) is 19.9 Å². The molecule has 0 aliphatic heterocycles. The minimum absolute atomic E-state index is 0.0551. The highest BCUT2D eigenvalue weighted by Crippen LogP contribution is 2.36. The molecule has 0 aliphatic rings. The van der Waals surface area contributed by atoms with Crippen LogP contribution in [0.2, 0.25) is 10.0 Å². The number of carbonyl (C=O) groups is 1. The maximum Gasteiger partial charge on any atom is 0.271 e. The molecule has 8 aromatic rings. The number of anilines is 2. The molecule has 6 N–H and O–H groups in total. The van der Waals surface area contributed by atoms with Gasteiger partial charge >= 0.3 is 0 Å². The molecule has 0 fully saturated rings. The zero-order valence-corrected chi connectivity index (χ0v) is 29.4. The van der Waals surface area contributed by atoms with Gasteiger partial charge in [-0.3, -0.25) is 24.1 Å². The number of rotatable bonds is 5. The second-order valence-corrected chi connectivity index (χ2v) is 12.4. The lowest BCUT2D eigenvalue weighted by Gasteiger charge is -2.11. The summed E-state index contributed by atoms with van der Waals surface area (Å²) in [5.74, 6) is -0.756. The molecule has 53 heavy (non-hydrogen) atoms. The minimum atomic E-state index is -0.762. The predicted molar refractivity (Wildman–Crippen MR) is 202 cm³/mol. The largest absolute Gasteiger partial charge is 0.382 e. The SMILES string of the molecule is Cn1ccc(-c2nc(N)c(C#N)nc2-c2cc(Cl)c3ncccc3c2)n1.Cn1ccc(-c2nc(N)c(C(N)=O)nc2-c2cc(Cl)c3ncccc3c2)n1. The van der Waals surface area contributed by atoms with Crippen LogP contribution in [0.4, 0.5) is 11.6 Å². The van der Waals surface area contributed by atoms with E-state index in [1.807, 2.05) is 55.6 Å². The lowest BCUT2D eigenvalue weighted by molar-refractivity contribution is 0.0996. The number of nitrogens with two attached hydrogens (primary N) is 3. The number of hydrogen-bond acceptors (Lipinski definition) is 12. The maximum atomic E-state index is 11.7. The van der Waals surface area contributed by atoms with Crippen LogP contribution in [-0.2, 0) is 14.1 Å². The number of nitrogen functional groups attached to an aromatic ring is 2. The van der Waals surface area contributed by atoms with Crippen molar-refractivity contribution < 1.29 is 4.79 Å². The molecule has 2 aromatic carbocycles. The maximum absolute atomic E-state index is 11.7. The van der Waals surface area contributed by atoms with Crippen LogP contribution in [0.15, 0.2) is 85.5 Å². The second kappa shape index (κ2) is 13.9. The fraction of sp³-hybridized carbons (Fsp3) is 0.0556. The zero-order valence-electron chi connectivity index (χ0n) is 27.9. The highest BCUT2D eigenvalue weighted by Gasteiger charge is 2.21. The topological polar surface area (TPSA) is 232 Å². The third-order valence-corrected chi connectivity index (χ3v) is 8.54. The van der Waals surface area contributed by atoms with Crippen molar-refractivity contribution in [3.05, 3.63) is 107 Å². The number of carbonyl (C=O) groups excluding carboxylic acids is 1. The van der Waals surface area contributed by atoms with Crippen molar-refractivity contribution in [2.75, 3.05) is 11.5 Å². The van der Waals surface area contributed by atoms with E-state index < -0.39 is 5.91 Å². The molecular formula is C36H26Cl2N14O. The van der Waals surface area contributed by atoms with Crippen molar-refractivity contribution >= 4 is 62.6 Å². The number of nitrogens with zero attached hydrogens (tertiary/aromatic N) is 11. The first-order valence-electron chi connectivity index (χ1n) is 15.6. The number of amides is 1. The number of benzene rings is 2. The lowest BCUT2D eigenvalue weighted by Crippen LogP contribution is -2.18. The van der Waals surface area contributed by atoms with E-state index in [4.69, 9.17) is 40.4 Å². The van der Waals surface area contributed by atoms with Gasteiger partial charge in [-0.1, -0.05) is 35.3 Å². The van der Waals surface area contributed by atoms with Gasteiger partial charge in [0, 0.05) is 60.8 Å². The Morgan fingerprint density at radius 1 is 0.698 bits per heavy atom. The molecule has 0 saturated carbocycles. The number of aromatic nitrogens is 10. The molecule has 260 valence electrons. The van der Waals surface area contributed by atoms with Crippen molar-refractivity contribution in [3.63, 3.8) is 0 Å². The average Bonchev–Trinajstić information content (AvgIpc) is 3.79. The van der Waals surface area contributed by atoms with Gasteiger partial charge in [-0.15, -0.1) is 0 Å². The van der Waals surface area contributed by atoms with Crippen molar-refractivity contribution in [2.45, 2.75) is 0 Å². The molecule has 6 aromatic heterocycles. The molecule has 0 spiro atoms. The number of pyridine rings is 2. The smallest absolute Gasteiger partial charge is 0.271 e. The van der Waals surface area contributed by atoms with Crippen LogP contribution >= 0.6 is 23.2 Å². The Morgan fingerprint density at radius 2 is 1.19 bits per heavy atom.